The van der Waals surface area contributed by atoms with Gasteiger partial charge in [0.2, 0.25) is 0 Å². The molecule has 86 valence electrons. The van der Waals surface area contributed by atoms with Crippen molar-refractivity contribution in [3.63, 3.8) is 0 Å². The highest BCUT2D eigenvalue weighted by Gasteiger charge is 2.43. The average molecular weight is 211 g/mol. The lowest BCUT2D eigenvalue weighted by Crippen LogP contribution is -2.37. The quantitative estimate of drug-likeness (QED) is 0.635. The molecule has 0 aliphatic heterocycles. The van der Waals surface area contributed by atoms with Crippen molar-refractivity contribution in [2.75, 3.05) is 6.61 Å². The summed E-state index contributed by atoms with van der Waals surface area (Å²) in [5, 5.41) is 9.22. The fraction of sp³-hybridized carbons (Fsp3) is 0.833. The molecule has 2 atom stereocenters. The molecule has 0 saturated heterocycles. The topological polar surface area (TPSA) is 50.1 Å². The van der Waals surface area contributed by atoms with E-state index in [1.54, 1.807) is 6.92 Å². The Kier molecular flexibility index (Phi) is 6.00. The molecule has 0 amide bonds. The van der Waals surface area contributed by atoms with Crippen LogP contribution in [0, 0.1) is 22.7 Å². The van der Waals surface area contributed by atoms with Gasteiger partial charge < -0.3 is 4.74 Å². The van der Waals surface area contributed by atoms with Crippen molar-refractivity contribution in [3.8, 4) is 6.07 Å². The molecule has 0 aromatic rings. The minimum atomic E-state index is -0.952. The number of hydrogen-bond donors (Lipinski definition) is 0. The van der Waals surface area contributed by atoms with Crippen LogP contribution in [0.25, 0.3) is 0 Å². The third-order valence-electron chi connectivity index (χ3n) is 2.96. The van der Waals surface area contributed by atoms with Crippen LogP contribution in [0.3, 0.4) is 0 Å². The summed E-state index contributed by atoms with van der Waals surface area (Å²) in [6.45, 7) is 7.97. The van der Waals surface area contributed by atoms with Crippen LogP contribution in [0.4, 0.5) is 0 Å². The lowest BCUT2D eigenvalue weighted by Gasteiger charge is -2.29. The van der Waals surface area contributed by atoms with Gasteiger partial charge in [-0.2, -0.15) is 5.26 Å². The smallest absolute Gasteiger partial charge is 0.326 e. The van der Waals surface area contributed by atoms with E-state index in [1.807, 2.05) is 13.8 Å². The molecule has 0 aromatic heterocycles. The molecule has 0 rings (SSSR count). The second kappa shape index (κ2) is 6.44. The van der Waals surface area contributed by atoms with Crippen molar-refractivity contribution < 1.29 is 9.53 Å². The molecular formula is C12H21NO2. The van der Waals surface area contributed by atoms with Crippen LogP contribution < -0.4 is 0 Å². The standard InChI is InChI=1S/C12H21NO2/c1-5-8-10(4)12(6-2,9-13)11(14)15-7-3/h10H,5-8H2,1-4H3. The van der Waals surface area contributed by atoms with E-state index in [2.05, 4.69) is 13.0 Å². The Morgan fingerprint density at radius 1 is 1.47 bits per heavy atom. The van der Waals surface area contributed by atoms with E-state index in [4.69, 9.17) is 4.74 Å². The largest absolute Gasteiger partial charge is 0.465 e. The highest BCUT2D eigenvalue weighted by atomic mass is 16.5. The number of rotatable bonds is 6. The van der Waals surface area contributed by atoms with Gasteiger partial charge in [0.1, 0.15) is 0 Å². The number of hydrogen-bond acceptors (Lipinski definition) is 3. The molecule has 0 fully saturated rings. The van der Waals surface area contributed by atoms with Crippen LogP contribution in [0.2, 0.25) is 0 Å². The highest BCUT2D eigenvalue weighted by Crippen LogP contribution is 2.35. The number of carbonyl (C=O) groups excluding carboxylic acids is 1. The molecule has 3 heteroatoms. The zero-order chi connectivity index (χ0) is 11.9. The predicted octanol–water partition coefficient (Wildman–Crippen LogP) is 2.91. The van der Waals surface area contributed by atoms with Crippen molar-refractivity contribution in [2.24, 2.45) is 11.3 Å². The summed E-state index contributed by atoms with van der Waals surface area (Å²) in [4.78, 5) is 11.8. The number of nitriles is 1. The molecule has 3 nitrogen and oxygen atoms in total. The average Bonchev–Trinajstić information content (AvgIpc) is 2.21. The maximum atomic E-state index is 11.8. The van der Waals surface area contributed by atoms with Crippen LogP contribution in [0.1, 0.15) is 47.0 Å². The van der Waals surface area contributed by atoms with E-state index in [-0.39, 0.29) is 11.9 Å². The van der Waals surface area contributed by atoms with Gasteiger partial charge in [-0.3, -0.25) is 4.79 Å². The van der Waals surface area contributed by atoms with Crippen molar-refractivity contribution in [1.29, 1.82) is 5.26 Å². The summed E-state index contributed by atoms with van der Waals surface area (Å²) in [6.07, 6.45) is 2.37. The first-order valence-electron chi connectivity index (χ1n) is 5.67. The minimum Gasteiger partial charge on any atom is -0.465 e. The number of esters is 1. The molecule has 0 heterocycles. The van der Waals surface area contributed by atoms with Gasteiger partial charge in [0.15, 0.2) is 5.41 Å². The normalized spacial score (nSPS) is 16.2. The number of carbonyl (C=O) groups is 1. The van der Waals surface area contributed by atoms with Gasteiger partial charge in [0.25, 0.3) is 0 Å². The third kappa shape index (κ3) is 2.95. The van der Waals surface area contributed by atoms with E-state index >= 15 is 0 Å². The highest BCUT2D eigenvalue weighted by molar-refractivity contribution is 5.80. The van der Waals surface area contributed by atoms with Gasteiger partial charge in [0.05, 0.1) is 12.7 Å². The Balaban J connectivity index is 4.88. The molecule has 15 heavy (non-hydrogen) atoms. The molecule has 0 radical (unpaired) electrons. The zero-order valence-corrected chi connectivity index (χ0v) is 10.2. The van der Waals surface area contributed by atoms with Crippen molar-refractivity contribution in [3.05, 3.63) is 0 Å². The summed E-state index contributed by atoms with van der Waals surface area (Å²) in [6, 6.07) is 2.16. The van der Waals surface area contributed by atoms with Gasteiger partial charge in [-0.1, -0.05) is 27.2 Å². The summed E-state index contributed by atoms with van der Waals surface area (Å²) in [5.74, 6) is -0.313. The van der Waals surface area contributed by atoms with Gasteiger partial charge in [-0.15, -0.1) is 0 Å². The number of nitrogens with zero attached hydrogens (tertiary/aromatic N) is 1. The van der Waals surface area contributed by atoms with E-state index in [0.717, 1.165) is 12.8 Å². The SMILES string of the molecule is CCCC(C)C(C#N)(CC)C(=O)OCC. The maximum Gasteiger partial charge on any atom is 0.326 e. The maximum absolute atomic E-state index is 11.8. The van der Waals surface area contributed by atoms with Gasteiger partial charge >= 0.3 is 5.97 Å². The molecule has 0 saturated carbocycles. The van der Waals surface area contributed by atoms with Gasteiger partial charge in [-0.05, 0) is 25.7 Å². The van der Waals surface area contributed by atoms with Crippen LogP contribution in [0.5, 0.6) is 0 Å². The second-order valence-electron chi connectivity index (χ2n) is 3.85. The van der Waals surface area contributed by atoms with Gasteiger partial charge in [0, 0.05) is 0 Å². The van der Waals surface area contributed by atoms with Crippen molar-refractivity contribution in [2.45, 2.75) is 47.0 Å². The molecule has 0 N–H and O–H groups in total. The molecule has 0 aliphatic carbocycles. The molecule has 0 aromatic carbocycles. The Bertz CT molecular complexity index is 244. The van der Waals surface area contributed by atoms with Crippen molar-refractivity contribution >= 4 is 5.97 Å². The first-order valence-corrected chi connectivity index (χ1v) is 5.67. The van der Waals surface area contributed by atoms with E-state index in [1.165, 1.54) is 0 Å². The van der Waals surface area contributed by atoms with Gasteiger partial charge in [-0.25, -0.2) is 0 Å². The lowest BCUT2D eigenvalue weighted by atomic mass is 9.73. The molecule has 0 aliphatic rings. The summed E-state index contributed by atoms with van der Waals surface area (Å²) in [5.41, 5.74) is -0.952. The van der Waals surface area contributed by atoms with Crippen LogP contribution >= 0.6 is 0 Å². The van der Waals surface area contributed by atoms with E-state index in [0.29, 0.717) is 13.0 Å². The Morgan fingerprint density at radius 3 is 2.40 bits per heavy atom. The minimum absolute atomic E-state index is 0.0524. The Morgan fingerprint density at radius 2 is 2.07 bits per heavy atom. The number of ether oxygens (including phenoxy) is 1. The van der Waals surface area contributed by atoms with Crippen molar-refractivity contribution in [1.82, 2.24) is 0 Å². The first kappa shape index (κ1) is 14.0. The fourth-order valence-electron chi connectivity index (χ4n) is 1.87. The fourth-order valence-corrected chi connectivity index (χ4v) is 1.87. The summed E-state index contributed by atoms with van der Waals surface area (Å²) in [7, 11) is 0. The molecular weight excluding hydrogens is 190 g/mol. The van der Waals surface area contributed by atoms with E-state index in [9.17, 15) is 10.1 Å². The van der Waals surface area contributed by atoms with Crippen LogP contribution in [-0.2, 0) is 9.53 Å². The van der Waals surface area contributed by atoms with E-state index < -0.39 is 5.41 Å². The molecule has 0 spiro atoms. The zero-order valence-electron chi connectivity index (χ0n) is 10.2. The molecule has 2 unspecified atom stereocenters. The molecule has 0 bridgehead atoms. The van der Waals surface area contributed by atoms with Crippen LogP contribution in [-0.4, -0.2) is 12.6 Å². The first-order chi connectivity index (χ1) is 7.08. The third-order valence-corrected chi connectivity index (χ3v) is 2.96. The lowest BCUT2D eigenvalue weighted by molar-refractivity contribution is -0.155. The van der Waals surface area contributed by atoms with Crippen LogP contribution in [0.15, 0.2) is 0 Å². The monoisotopic (exact) mass is 211 g/mol. The second-order valence-corrected chi connectivity index (χ2v) is 3.85. The Labute approximate surface area is 92.4 Å². The Hall–Kier alpha value is -1.04. The predicted molar refractivity (Wildman–Crippen MR) is 59.0 cm³/mol. The summed E-state index contributed by atoms with van der Waals surface area (Å²) >= 11 is 0. The summed E-state index contributed by atoms with van der Waals surface area (Å²) < 4.78 is 5.00.